The fourth-order valence-corrected chi connectivity index (χ4v) is 4.87. The van der Waals surface area contributed by atoms with Crippen LogP contribution in [0, 0.1) is 6.92 Å². The second kappa shape index (κ2) is 8.69. The summed E-state index contributed by atoms with van der Waals surface area (Å²) in [6.45, 7) is 5.02. The number of hydrogen-bond acceptors (Lipinski definition) is 5. The maximum atomic E-state index is 12.8. The minimum absolute atomic E-state index is 0.279. The summed E-state index contributed by atoms with van der Waals surface area (Å²) in [4.78, 5) is 2.53. The van der Waals surface area contributed by atoms with Crippen LogP contribution in [0.15, 0.2) is 41.3 Å². The first kappa shape index (κ1) is 20.9. The molecular formula is C20H25ClN2O4S. The number of hydrogen-bond donors (Lipinski definition) is 0. The van der Waals surface area contributed by atoms with Gasteiger partial charge >= 0.3 is 0 Å². The van der Waals surface area contributed by atoms with Crippen molar-refractivity contribution in [2.24, 2.45) is 0 Å². The third kappa shape index (κ3) is 4.43. The monoisotopic (exact) mass is 424 g/mol. The summed E-state index contributed by atoms with van der Waals surface area (Å²) in [7, 11) is -0.247. The summed E-state index contributed by atoms with van der Waals surface area (Å²) in [5.74, 6) is 1.41. The molecule has 0 saturated carbocycles. The maximum absolute atomic E-state index is 12.8. The zero-order chi connectivity index (χ0) is 20.3. The number of nitrogens with zero attached hydrogens (tertiary/aromatic N) is 2. The van der Waals surface area contributed by atoms with Crippen LogP contribution >= 0.6 is 11.6 Å². The van der Waals surface area contributed by atoms with Gasteiger partial charge in [-0.05, 0) is 54.4 Å². The number of piperazine rings is 1. The van der Waals surface area contributed by atoms with Gasteiger partial charge in [0.05, 0.1) is 19.1 Å². The number of sulfonamides is 1. The molecule has 8 heteroatoms. The van der Waals surface area contributed by atoms with E-state index in [0.717, 1.165) is 17.7 Å². The Morgan fingerprint density at radius 1 is 0.964 bits per heavy atom. The number of halogens is 1. The van der Waals surface area contributed by atoms with Gasteiger partial charge in [-0.3, -0.25) is 4.90 Å². The third-order valence-corrected chi connectivity index (χ3v) is 7.18. The Morgan fingerprint density at radius 2 is 1.54 bits per heavy atom. The van der Waals surface area contributed by atoms with Crippen molar-refractivity contribution in [3.8, 4) is 11.5 Å². The second-order valence-corrected chi connectivity index (χ2v) is 9.14. The average molecular weight is 425 g/mol. The number of aryl methyl sites for hydroxylation is 1. The Hall–Kier alpha value is -1.80. The molecule has 0 amide bonds. The van der Waals surface area contributed by atoms with Gasteiger partial charge in [0.15, 0.2) is 11.5 Å². The SMILES string of the molecule is COc1cc(C)c(CN2CCN(S(=O)(=O)c3ccc(Cl)cc3)CC2)cc1OC. The Morgan fingerprint density at radius 3 is 2.11 bits per heavy atom. The van der Waals surface area contributed by atoms with Crippen molar-refractivity contribution < 1.29 is 17.9 Å². The highest BCUT2D eigenvalue weighted by Crippen LogP contribution is 2.31. The molecule has 2 aromatic carbocycles. The van der Waals surface area contributed by atoms with Gasteiger partial charge in [0.1, 0.15) is 0 Å². The van der Waals surface area contributed by atoms with E-state index in [1.807, 2.05) is 19.1 Å². The molecule has 0 aliphatic carbocycles. The van der Waals surface area contributed by atoms with Crippen molar-refractivity contribution in [1.82, 2.24) is 9.21 Å². The second-order valence-electron chi connectivity index (χ2n) is 6.77. The number of ether oxygens (including phenoxy) is 2. The Balaban J connectivity index is 1.67. The smallest absolute Gasteiger partial charge is 0.243 e. The van der Waals surface area contributed by atoms with Gasteiger partial charge < -0.3 is 9.47 Å². The predicted octanol–water partition coefficient (Wildman–Crippen LogP) is 3.17. The van der Waals surface area contributed by atoms with Crippen LogP contribution in [0.3, 0.4) is 0 Å². The lowest BCUT2D eigenvalue weighted by Gasteiger charge is -2.34. The fraction of sp³-hybridized carbons (Fsp3) is 0.400. The van der Waals surface area contributed by atoms with E-state index in [4.69, 9.17) is 21.1 Å². The van der Waals surface area contributed by atoms with Crippen LogP contribution in [0.25, 0.3) is 0 Å². The topological polar surface area (TPSA) is 59.1 Å². The van der Waals surface area contributed by atoms with Crippen molar-refractivity contribution in [1.29, 1.82) is 0 Å². The molecule has 3 rings (SSSR count). The molecule has 0 bridgehead atoms. The van der Waals surface area contributed by atoms with Crippen molar-refractivity contribution in [3.05, 3.63) is 52.5 Å². The highest BCUT2D eigenvalue weighted by molar-refractivity contribution is 7.89. The van der Waals surface area contributed by atoms with Crippen LogP contribution in [-0.4, -0.2) is 58.0 Å². The van der Waals surface area contributed by atoms with Crippen LogP contribution in [0.4, 0.5) is 0 Å². The van der Waals surface area contributed by atoms with E-state index < -0.39 is 10.0 Å². The predicted molar refractivity (Wildman–Crippen MR) is 110 cm³/mol. The van der Waals surface area contributed by atoms with Crippen molar-refractivity contribution >= 4 is 21.6 Å². The van der Waals surface area contributed by atoms with E-state index in [2.05, 4.69) is 4.90 Å². The molecule has 0 N–H and O–H groups in total. The van der Waals surface area contributed by atoms with E-state index in [9.17, 15) is 8.42 Å². The molecule has 0 radical (unpaired) electrons. The van der Waals surface area contributed by atoms with Gasteiger partial charge in [-0.2, -0.15) is 4.31 Å². The first-order valence-corrected chi connectivity index (χ1v) is 10.9. The molecule has 1 aliphatic heterocycles. The van der Waals surface area contributed by atoms with E-state index in [1.54, 1.807) is 38.5 Å². The summed E-state index contributed by atoms with van der Waals surface area (Å²) < 4.78 is 37.9. The minimum Gasteiger partial charge on any atom is -0.493 e. The molecule has 1 heterocycles. The summed E-state index contributed by atoms with van der Waals surface area (Å²) in [5, 5.41) is 0.522. The van der Waals surface area contributed by atoms with Gasteiger partial charge in [0, 0.05) is 37.7 Å². The molecule has 0 atom stereocenters. The molecular weight excluding hydrogens is 400 g/mol. The Bertz CT molecular complexity index is 924. The lowest BCUT2D eigenvalue weighted by atomic mass is 10.1. The number of methoxy groups -OCH3 is 2. The molecule has 0 unspecified atom stereocenters. The van der Waals surface area contributed by atoms with E-state index >= 15 is 0 Å². The zero-order valence-electron chi connectivity index (χ0n) is 16.3. The highest BCUT2D eigenvalue weighted by Gasteiger charge is 2.28. The van der Waals surface area contributed by atoms with Crippen LogP contribution in [-0.2, 0) is 16.6 Å². The van der Waals surface area contributed by atoms with Gasteiger partial charge in [0.2, 0.25) is 10.0 Å². The van der Waals surface area contributed by atoms with Gasteiger partial charge in [-0.15, -0.1) is 0 Å². The first-order chi connectivity index (χ1) is 13.3. The quantitative estimate of drug-likeness (QED) is 0.712. The third-order valence-electron chi connectivity index (χ3n) is 5.02. The van der Waals surface area contributed by atoms with E-state index in [1.165, 1.54) is 4.31 Å². The van der Waals surface area contributed by atoms with Crippen molar-refractivity contribution in [2.75, 3.05) is 40.4 Å². The highest BCUT2D eigenvalue weighted by atomic mass is 35.5. The molecule has 0 spiro atoms. The van der Waals surface area contributed by atoms with Crippen LogP contribution < -0.4 is 9.47 Å². The summed E-state index contributed by atoms with van der Waals surface area (Å²) in [6.07, 6.45) is 0. The standard InChI is InChI=1S/C20H25ClN2O4S/c1-15-12-19(26-2)20(27-3)13-16(15)14-22-8-10-23(11-9-22)28(24,25)18-6-4-17(21)5-7-18/h4-7,12-13H,8-11,14H2,1-3H3. The number of rotatable bonds is 6. The molecule has 152 valence electrons. The first-order valence-electron chi connectivity index (χ1n) is 9.04. The van der Waals surface area contributed by atoms with Crippen molar-refractivity contribution in [3.63, 3.8) is 0 Å². The lowest BCUT2D eigenvalue weighted by molar-refractivity contribution is 0.181. The molecule has 1 fully saturated rings. The lowest BCUT2D eigenvalue weighted by Crippen LogP contribution is -2.48. The van der Waals surface area contributed by atoms with Crippen LogP contribution in [0.2, 0.25) is 5.02 Å². The van der Waals surface area contributed by atoms with Crippen LogP contribution in [0.5, 0.6) is 11.5 Å². The number of benzene rings is 2. The maximum Gasteiger partial charge on any atom is 0.243 e. The van der Waals surface area contributed by atoms with Gasteiger partial charge in [-0.25, -0.2) is 8.42 Å². The summed E-state index contributed by atoms with van der Waals surface area (Å²) >= 11 is 5.87. The summed E-state index contributed by atoms with van der Waals surface area (Å²) in [5.41, 5.74) is 2.26. The van der Waals surface area contributed by atoms with Crippen molar-refractivity contribution in [2.45, 2.75) is 18.4 Å². The van der Waals surface area contributed by atoms with E-state index in [-0.39, 0.29) is 4.90 Å². The molecule has 1 aliphatic rings. The molecule has 2 aromatic rings. The zero-order valence-corrected chi connectivity index (χ0v) is 17.9. The van der Waals surface area contributed by atoms with Gasteiger partial charge in [-0.1, -0.05) is 11.6 Å². The Labute approximate surface area is 171 Å². The van der Waals surface area contributed by atoms with E-state index in [0.29, 0.717) is 42.7 Å². The molecule has 1 saturated heterocycles. The largest absolute Gasteiger partial charge is 0.493 e. The average Bonchev–Trinajstić information content (AvgIpc) is 2.70. The minimum atomic E-state index is -3.49. The van der Waals surface area contributed by atoms with Gasteiger partial charge in [0.25, 0.3) is 0 Å². The molecule has 0 aromatic heterocycles. The summed E-state index contributed by atoms with van der Waals surface area (Å²) in [6, 6.07) is 10.3. The fourth-order valence-electron chi connectivity index (χ4n) is 3.32. The Kier molecular flexibility index (Phi) is 6.50. The van der Waals surface area contributed by atoms with Crippen LogP contribution in [0.1, 0.15) is 11.1 Å². The normalized spacial score (nSPS) is 16.1. The molecule has 6 nitrogen and oxygen atoms in total. The molecule has 28 heavy (non-hydrogen) atoms.